The number of hydrogen-bond acceptors (Lipinski definition) is 6. The van der Waals surface area contributed by atoms with E-state index < -0.39 is 5.91 Å². The van der Waals surface area contributed by atoms with E-state index in [2.05, 4.69) is 21.2 Å². The molecule has 9 nitrogen and oxygen atoms in total. The predicted molar refractivity (Wildman–Crippen MR) is 123 cm³/mol. The van der Waals surface area contributed by atoms with E-state index in [1.807, 2.05) is 30.3 Å². The van der Waals surface area contributed by atoms with Crippen molar-refractivity contribution in [2.75, 3.05) is 19.8 Å². The quantitative estimate of drug-likeness (QED) is 0.271. The molecule has 1 fully saturated rings. The second-order valence-electron chi connectivity index (χ2n) is 7.53. The number of nitrogens with zero attached hydrogens (tertiary/aromatic N) is 1. The number of carbonyl (C=O) groups excluding carboxylic acids is 3. The average molecular weight is 453 g/mol. The summed E-state index contributed by atoms with van der Waals surface area (Å²) < 4.78 is 10.9. The Labute approximate surface area is 192 Å². The standard InChI is InChI=1S/C24H28N4O5/c29-22(25-14-18-5-2-1-3-6-18)13-23(30)28-27-15-19-8-10-20(11-9-19)33-17-24(31)26-16-21-7-4-12-32-21/h1-3,5-6,8-11,15,21H,4,7,12-14,16-17H2,(H,25,29)(H,26,31)(H,28,30)/b27-15+/t21-/m1/s1. The second kappa shape index (κ2) is 13.0. The van der Waals surface area contributed by atoms with Gasteiger partial charge in [-0.25, -0.2) is 5.43 Å². The Morgan fingerprint density at radius 1 is 1.00 bits per heavy atom. The van der Waals surface area contributed by atoms with Crippen LogP contribution in [0.1, 0.15) is 30.4 Å². The number of benzene rings is 2. The van der Waals surface area contributed by atoms with E-state index in [-0.39, 0.29) is 30.9 Å². The summed E-state index contributed by atoms with van der Waals surface area (Å²) in [6, 6.07) is 16.3. The van der Waals surface area contributed by atoms with Gasteiger partial charge in [-0.05, 0) is 48.2 Å². The Morgan fingerprint density at radius 2 is 1.79 bits per heavy atom. The van der Waals surface area contributed by atoms with Crippen LogP contribution < -0.4 is 20.8 Å². The van der Waals surface area contributed by atoms with Crippen LogP contribution in [0.25, 0.3) is 0 Å². The van der Waals surface area contributed by atoms with Crippen molar-refractivity contribution in [2.45, 2.75) is 31.9 Å². The maximum atomic E-state index is 11.9. The fourth-order valence-electron chi connectivity index (χ4n) is 3.11. The summed E-state index contributed by atoms with van der Waals surface area (Å²) in [5.41, 5.74) is 4.00. The van der Waals surface area contributed by atoms with E-state index in [0.29, 0.717) is 18.8 Å². The molecule has 1 aliphatic heterocycles. The summed E-state index contributed by atoms with van der Waals surface area (Å²) in [6.45, 7) is 1.53. The lowest BCUT2D eigenvalue weighted by Crippen LogP contribution is -2.35. The van der Waals surface area contributed by atoms with Crippen LogP contribution in [-0.4, -0.2) is 49.8 Å². The van der Waals surface area contributed by atoms with Crippen LogP contribution in [0.2, 0.25) is 0 Å². The molecule has 2 aromatic rings. The average Bonchev–Trinajstić information content (AvgIpc) is 3.35. The Kier molecular flexibility index (Phi) is 9.41. The van der Waals surface area contributed by atoms with Crippen LogP contribution in [0, 0.1) is 0 Å². The molecular formula is C24H28N4O5. The maximum Gasteiger partial charge on any atom is 0.258 e. The zero-order chi connectivity index (χ0) is 23.3. The molecule has 3 rings (SSSR count). The van der Waals surface area contributed by atoms with Gasteiger partial charge >= 0.3 is 0 Å². The minimum atomic E-state index is -0.509. The Morgan fingerprint density at radius 3 is 2.52 bits per heavy atom. The first-order valence-corrected chi connectivity index (χ1v) is 10.8. The molecule has 1 heterocycles. The van der Waals surface area contributed by atoms with Crippen LogP contribution in [0.3, 0.4) is 0 Å². The molecule has 33 heavy (non-hydrogen) atoms. The summed E-state index contributed by atoms with van der Waals surface area (Å²) in [5.74, 6) is -0.552. The molecular weight excluding hydrogens is 424 g/mol. The lowest BCUT2D eigenvalue weighted by Gasteiger charge is -2.11. The molecule has 0 aliphatic carbocycles. The Bertz CT molecular complexity index is 941. The highest BCUT2D eigenvalue weighted by Gasteiger charge is 2.16. The summed E-state index contributed by atoms with van der Waals surface area (Å²) in [6.07, 6.45) is 3.23. The lowest BCUT2D eigenvalue weighted by atomic mass is 10.2. The van der Waals surface area contributed by atoms with Gasteiger partial charge in [0.25, 0.3) is 5.91 Å². The third kappa shape index (κ3) is 9.12. The molecule has 0 saturated carbocycles. The summed E-state index contributed by atoms with van der Waals surface area (Å²) >= 11 is 0. The molecule has 1 aliphatic rings. The minimum absolute atomic E-state index is 0.0808. The van der Waals surface area contributed by atoms with E-state index in [1.165, 1.54) is 6.21 Å². The van der Waals surface area contributed by atoms with Gasteiger partial charge in [-0.15, -0.1) is 0 Å². The number of carbonyl (C=O) groups is 3. The summed E-state index contributed by atoms with van der Waals surface area (Å²) in [5, 5.41) is 9.34. The third-order valence-electron chi connectivity index (χ3n) is 4.86. The molecule has 1 saturated heterocycles. The van der Waals surface area contributed by atoms with Gasteiger partial charge in [0.05, 0.1) is 12.3 Å². The van der Waals surface area contributed by atoms with Crippen LogP contribution in [0.15, 0.2) is 59.7 Å². The number of rotatable bonds is 11. The van der Waals surface area contributed by atoms with E-state index in [0.717, 1.165) is 30.6 Å². The maximum absolute atomic E-state index is 11.9. The first-order valence-electron chi connectivity index (χ1n) is 10.8. The Balaban J connectivity index is 1.31. The summed E-state index contributed by atoms with van der Waals surface area (Å²) in [7, 11) is 0. The van der Waals surface area contributed by atoms with Crippen molar-refractivity contribution in [3.63, 3.8) is 0 Å². The van der Waals surface area contributed by atoms with Crippen LogP contribution in [-0.2, 0) is 25.7 Å². The van der Waals surface area contributed by atoms with Gasteiger partial charge in [0.15, 0.2) is 6.61 Å². The Hall–Kier alpha value is -3.72. The minimum Gasteiger partial charge on any atom is -0.484 e. The molecule has 9 heteroatoms. The fraction of sp³-hybridized carbons (Fsp3) is 0.333. The van der Waals surface area contributed by atoms with Crippen molar-refractivity contribution >= 4 is 23.9 Å². The summed E-state index contributed by atoms with van der Waals surface area (Å²) in [4.78, 5) is 35.5. The van der Waals surface area contributed by atoms with E-state index in [1.54, 1.807) is 24.3 Å². The SMILES string of the molecule is O=C(COc1ccc(/C=N/NC(=O)CC(=O)NCc2ccccc2)cc1)NC[C@H]1CCCO1. The van der Waals surface area contributed by atoms with Crippen LogP contribution in [0.5, 0.6) is 5.75 Å². The van der Waals surface area contributed by atoms with E-state index in [4.69, 9.17) is 9.47 Å². The number of nitrogens with one attached hydrogen (secondary N) is 3. The van der Waals surface area contributed by atoms with Crippen LogP contribution in [0.4, 0.5) is 0 Å². The van der Waals surface area contributed by atoms with Gasteiger partial charge in [-0.2, -0.15) is 5.10 Å². The highest BCUT2D eigenvalue weighted by molar-refractivity contribution is 5.97. The highest BCUT2D eigenvalue weighted by atomic mass is 16.5. The van der Waals surface area contributed by atoms with Gasteiger partial charge in [-0.1, -0.05) is 30.3 Å². The first-order chi connectivity index (χ1) is 16.1. The fourth-order valence-corrected chi connectivity index (χ4v) is 3.11. The lowest BCUT2D eigenvalue weighted by molar-refractivity contribution is -0.129. The highest BCUT2D eigenvalue weighted by Crippen LogP contribution is 2.12. The van der Waals surface area contributed by atoms with Crippen molar-refractivity contribution in [2.24, 2.45) is 5.10 Å². The van der Waals surface area contributed by atoms with Crippen molar-refractivity contribution in [1.29, 1.82) is 0 Å². The zero-order valence-electron chi connectivity index (χ0n) is 18.3. The van der Waals surface area contributed by atoms with Gasteiger partial charge in [-0.3, -0.25) is 14.4 Å². The van der Waals surface area contributed by atoms with Gasteiger partial charge < -0.3 is 20.1 Å². The topological polar surface area (TPSA) is 118 Å². The number of hydrazone groups is 1. The van der Waals surface area contributed by atoms with Crippen LogP contribution >= 0.6 is 0 Å². The smallest absolute Gasteiger partial charge is 0.258 e. The third-order valence-corrected chi connectivity index (χ3v) is 4.86. The molecule has 3 N–H and O–H groups in total. The van der Waals surface area contributed by atoms with Crippen molar-refractivity contribution < 1.29 is 23.9 Å². The number of amides is 3. The second-order valence-corrected chi connectivity index (χ2v) is 7.53. The predicted octanol–water partition coefficient (Wildman–Crippen LogP) is 1.52. The van der Waals surface area contributed by atoms with E-state index >= 15 is 0 Å². The monoisotopic (exact) mass is 452 g/mol. The molecule has 1 atom stereocenters. The molecule has 0 radical (unpaired) electrons. The van der Waals surface area contributed by atoms with Gasteiger partial charge in [0.2, 0.25) is 11.8 Å². The number of hydrogen-bond donors (Lipinski definition) is 3. The molecule has 0 bridgehead atoms. The van der Waals surface area contributed by atoms with Gasteiger partial charge in [0.1, 0.15) is 12.2 Å². The largest absolute Gasteiger partial charge is 0.484 e. The zero-order valence-corrected chi connectivity index (χ0v) is 18.3. The molecule has 3 amide bonds. The number of ether oxygens (including phenoxy) is 2. The van der Waals surface area contributed by atoms with Crippen molar-refractivity contribution in [1.82, 2.24) is 16.1 Å². The molecule has 2 aromatic carbocycles. The van der Waals surface area contributed by atoms with Crippen molar-refractivity contribution in [3.8, 4) is 5.75 Å². The molecule has 0 unspecified atom stereocenters. The van der Waals surface area contributed by atoms with E-state index in [9.17, 15) is 14.4 Å². The molecule has 0 aromatic heterocycles. The normalized spacial score (nSPS) is 15.2. The first kappa shape index (κ1) is 23.9. The molecule has 0 spiro atoms. The van der Waals surface area contributed by atoms with Gasteiger partial charge in [0, 0.05) is 19.7 Å². The van der Waals surface area contributed by atoms with Crippen molar-refractivity contribution in [3.05, 3.63) is 65.7 Å². The molecule has 174 valence electrons.